The van der Waals surface area contributed by atoms with Gasteiger partial charge in [0.1, 0.15) is 12.0 Å². The molecule has 0 spiro atoms. The Morgan fingerprint density at radius 1 is 1.62 bits per heavy atom. The Bertz CT molecular complexity index is 689. The van der Waals surface area contributed by atoms with Gasteiger partial charge in [0.2, 0.25) is 0 Å². The molecule has 0 fully saturated rings. The molecule has 0 bridgehead atoms. The number of carboxylic acids is 1. The molecule has 0 amide bonds. The van der Waals surface area contributed by atoms with E-state index in [-0.39, 0.29) is 30.4 Å². The van der Waals surface area contributed by atoms with Crippen molar-refractivity contribution in [1.82, 2.24) is 14.9 Å². The lowest BCUT2D eigenvalue weighted by atomic mass is 10.2. The van der Waals surface area contributed by atoms with Crippen molar-refractivity contribution in [2.24, 2.45) is 0 Å². The number of carbonyl (C=O) groups is 1. The van der Waals surface area contributed by atoms with Gasteiger partial charge in [-0.3, -0.25) is 14.8 Å². The zero-order valence-corrected chi connectivity index (χ0v) is 11.3. The highest BCUT2D eigenvalue weighted by atomic mass is 16.6. The topological polar surface area (TPSA) is 134 Å². The van der Waals surface area contributed by atoms with Crippen molar-refractivity contribution in [3.8, 4) is 5.88 Å². The average Bonchev–Trinajstić information content (AvgIpc) is 2.96. The summed E-state index contributed by atoms with van der Waals surface area (Å²) in [6.07, 6.45) is 1.17. The second kappa shape index (κ2) is 5.61. The van der Waals surface area contributed by atoms with Crippen molar-refractivity contribution in [3.05, 3.63) is 33.3 Å². The van der Waals surface area contributed by atoms with Crippen molar-refractivity contribution in [2.75, 3.05) is 6.61 Å². The lowest BCUT2D eigenvalue weighted by Crippen LogP contribution is -2.07. The molecule has 2 aromatic heterocycles. The van der Waals surface area contributed by atoms with Crippen molar-refractivity contribution in [1.29, 1.82) is 0 Å². The van der Waals surface area contributed by atoms with Crippen molar-refractivity contribution < 1.29 is 24.1 Å². The van der Waals surface area contributed by atoms with Gasteiger partial charge >= 0.3 is 17.5 Å². The summed E-state index contributed by atoms with van der Waals surface area (Å²) in [7, 11) is 0. The average molecular weight is 296 g/mol. The smallest absolute Gasteiger partial charge is 0.358 e. The number of ether oxygens (including phenoxy) is 1. The third-order valence-electron chi connectivity index (χ3n) is 2.69. The van der Waals surface area contributed by atoms with Crippen molar-refractivity contribution in [2.45, 2.75) is 20.4 Å². The Morgan fingerprint density at radius 2 is 2.33 bits per heavy atom. The number of hydrogen-bond acceptors (Lipinski definition) is 7. The van der Waals surface area contributed by atoms with Gasteiger partial charge < -0.3 is 14.4 Å². The van der Waals surface area contributed by atoms with Gasteiger partial charge in [-0.25, -0.2) is 4.79 Å². The summed E-state index contributed by atoms with van der Waals surface area (Å²) in [4.78, 5) is 21.3. The minimum atomic E-state index is -1.24. The highest BCUT2D eigenvalue weighted by Crippen LogP contribution is 2.25. The van der Waals surface area contributed by atoms with Gasteiger partial charge in [-0.2, -0.15) is 0 Å². The Labute approximate surface area is 118 Å². The van der Waals surface area contributed by atoms with E-state index in [4.69, 9.17) is 14.4 Å². The van der Waals surface area contributed by atoms with Crippen LogP contribution in [0, 0.1) is 17.0 Å². The molecule has 2 aromatic rings. The van der Waals surface area contributed by atoms with E-state index in [2.05, 4.69) is 10.3 Å². The van der Waals surface area contributed by atoms with E-state index >= 15 is 0 Å². The zero-order valence-electron chi connectivity index (χ0n) is 11.3. The van der Waals surface area contributed by atoms with Gasteiger partial charge in [-0.05, 0) is 13.8 Å². The highest BCUT2D eigenvalue weighted by Gasteiger charge is 2.24. The summed E-state index contributed by atoms with van der Waals surface area (Å²) in [5.41, 5.74) is -0.241. The fourth-order valence-electron chi connectivity index (χ4n) is 1.75. The molecule has 0 saturated carbocycles. The summed E-state index contributed by atoms with van der Waals surface area (Å²) in [5.74, 6) is -1.05. The second-order valence-corrected chi connectivity index (χ2v) is 4.08. The van der Waals surface area contributed by atoms with E-state index in [1.165, 1.54) is 10.9 Å². The Balaban J connectivity index is 2.36. The summed E-state index contributed by atoms with van der Waals surface area (Å²) in [5, 5.41) is 27.3. The maximum atomic E-state index is 11.0. The molecular formula is C11H12N4O6. The number of hydrogen-bond donors (Lipinski definition) is 1. The third-order valence-corrected chi connectivity index (χ3v) is 2.69. The first kappa shape index (κ1) is 14.5. The van der Waals surface area contributed by atoms with Crippen LogP contribution in [0.3, 0.4) is 0 Å². The first-order chi connectivity index (χ1) is 9.93. The molecule has 10 heteroatoms. The van der Waals surface area contributed by atoms with Crippen LogP contribution in [0.5, 0.6) is 5.88 Å². The summed E-state index contributed by atoms with van der Waals surface area (Å²) < 4.78 is 11.1. The molecular weight excluding hydrogens is 284 g/mol. The summed E-state index contributed by atoms with van der Waals surface area (Å²) in [6.45, 7) is 3.43. The van der Waals surface area contributed by atoms with Gasteiger partial charge in [-0.1, -0.05) is 5.16 Å². The molecule has 21 heavy (non-hydrogen) atoms. The largest absolute Gasteiger partial charge is 0.476 e. The maximum Gasteiger partial charge on any atom is 0.358 e. The SMILES string of the molecule is CCOc1nn(Cc2c(C(=O)O)noc2C)cc1[N+](=O)[O-]. The minimum absolute atomic E-state index is 0.0229. The molecule has 10 nitrogen and oxygen atoms in total. The van der Waals surface area contributed by atoms with Gasteiger partial charge in [0.05, 0.1) is 23.6 Å². The van der Waals surface area contributed by atoms with Crippen LogP contribution >= 0.6 is 0 Å². The first-order valence-corrected chi connectivity index (χ1v) is 5.97. The van der Waals surface area contributed by atoms with Gasteiger partial charge in [0.15, 0.2) is 5.69 Å². The molecule has 0 aliphatic heterocycles. The summed E-state index contributed by atoms with van der Waals surface area (Å²) in [6, 6.07) is 0. The van der Waals surface area contributed by atoms with E-state index < -0.39 is 10.9 Å². The van der Waals surface area contributed by atoms with E-state index in [9.17, 15) is 14.9 Å². The third kappa shape index (κ3) is 2.83. The Morgan fingerprint density at radius 3 is 2.90 bits per heavy atom. The minimum Gasteiger partial charge on any atom is -0.476 e. The van der Waals surface area contributed by atoms with Crippen LogP contribution in [-0.4, -0.2) is 37.5 Å². The van der Waals surface area contributed by atoms with E-state index in [0.29, 0.717) is 11.3 Å². The monoisotopic (exact) mass is 296 g/mol. The van der Waals surface area contributed by atoms with Crippen LogP contribution in [0.4, 0.5) is 5.69 Å². The quantitative estimate of drug-likeness (QED) is 0.621. The lowest BCUT2D eigenvalue weighted by molar-refractivity contribution is -0.385. The lowest BCUT2D eigenvalue weighted by Gasteiger charge is -2.00. The van der Waals surface area contributed by atoms with Crippen LogP contribution in [0.15, 0.2) is 10.7 Å². The normalized spacial score (nSPS) is 10.6. The molecule has 0 aliphatic carbocycles. The molecule has 2 heterocycles. The Kier molecular flexibility index (Phi) is 3.87. The van der Waals surface area contributed by atoms with Crippen molar-refractivity contribution in [3.63, 3.8) is 0 Å². The summed E-state index contributed by atoms with van der Waals surface area (Å²) >= 11 is 0. The molecule has 0 unspecified atom stereocenters. The van der Waals surface area contributed by atoms with E-state index in [0.717, 1.165) is 0 Å². The van der Waals surface area contributed by atoms with Crippen LogP contribution in [0.1, 0.15) is 28.7 Å². The van der Waals surface area contributed by atoms with Crippen LogP contribution in [-0.2, 0) is 6.54 Å². The highest BCUT2D eigenvalue weighted by molar-refractivity contribution is 5.87. The predicted octanol–water partition coefficient (Wildman–Crippen LogP) is 1.23. The fraction of sp³-hybridized carbons (Fsp3) is 0.364. The molecule has 112 valence electrons. The van der Waals surface area contributed by atoms with E-state index in [1.807, 2.05) is 0 Å². The molecule has 0 aliphatic rings. The van der Waals surface area contributed by atoms with Gasteiger partial charge in [0, 0.05) is 0 Å². The number of nitro groups is 1. The number of aromatic carboxylic acids is 1. The van der Waals surface area contributed by atoms with Crippen LogP contribution < -0.4 is 4.74 Å². The standard InChI is InChI=1S/C11H12N4O6/c1-3-20-10-8(15(18)19)5-14(12-10)4-7-6(2)21-13-9(7)11(16)17/h5H,3-4H2,1-2H3,(H,16,17). The zero-order chi connectivity index (χ0) is 15.6. The number of aryl methyl sites for hydroxylation is 1. The molecule has 2 rings (SSSR count). The number of aromatic nitrogens is 3. The second-order valence-electron chi connectivity index (χ2n) is 4.08. The number of nitrogens with zero attached hydrogens (tertiary/aromatic N) is 4. The molecule has 0 radical (unpaired) electrons. The number of rotatable bonds is 6. The fourth-order valence-corrected chi connectivity index (χ4v) is 1.75. The van der Waals surface area contributed by atoms with Crippen LogP contribution in [0.2, 0.25) is 0 Å². The molecule has 1 N–H and O–H groups in total. The van der Waals surface area contributed by atoms with E-state index in [1.54, 1.807) is 13.8 Å². The van der Waals surface area contributed by atoms with Crippen molar-refractivity contribution >= 4 is 11.7 Å². The molecule has 0 aromatic carbocycles. The number of carboxylic acid groups (broad SMARTS) is 1. The van der Waals surface area contributed by atoms with Gasteiger partial charge in [-0.15, -0.1) is 5.10 Å². The molecule has 0 atom stereocenters. The van der Waals surface area contributed by atoms with Crippen LogP contribution in [0.25, 0.3) is 0 Å². The Hall–Kier alpha value is -2.91. The predicted molar refractivity (Wildman–Crippen MR) is 67.4 cm³/mol. The first-order valence-electron chi connectivity index (χ1n) is 5.97. The maximum absolute atomic E-state index is 11.0. The van der Waals surface area contributed by atoms with Gasteiger partial charge in [0.25, 0.3) is 0 Å². The molecule has 0 saturated heterocycles.